The van der Waals surface area contributed by atoms with Crippen LogP contribution in [0, 0.1) is 0 Å². The Morgan fingerprint density at radius 3 is 2.75 bits per heavy atom. The molecule has 1 saturated heterocycles. The number of ether oxygens (including phenoxy) is 2. The number of aromatic nitrogens is 1. The third-order valence-corrected chi connectivity index (χ3v) is 5.45. The van der Waals surface area contributed by atoms with Crippen LogP contribution in [0.3, 0.4) is 0 Å². The van der Waals surface area contributed by atoms with Gasteiger partial charge in [-0.2, -0.15) is 0 Å². The van der Waals surface area contributed by atoms with E-state index in [0.29, 0.717) is 23.6 Å². The second-order valence-corrected chi connectivity index (χ2v) is 7.05. The molecule has 1 N–H and O–H groups in total. The van der Waals surface area contributed by atoms with Gasteiger partial charge in [0.15, 0.2) is 11.5 Å². The van der Waals surface area contributed by atoms with Crippen molar-refractivity contribution in [2.75, 3.05) is 46.1 Å². The van der Waals surface area contributed by atoms with Gasteiger partial charge in [-0.05, 0) is 36.4 Å². The van der Waals surface area contributed by atoms with Crippen LogP contribution < -0.4 is 14.8 Å². The van der Waals surface area contributed by atoms with E-state index in [1.54, 1.807) is 24.4 Å². The molecule has 2 aromatic rings. The maximum absolute atomic E-state index is 12.7. The van der Waals surface area contributed by atoms with E-state index in [4.69, 9.17) is 9.47 Å². The Labute approximate surface area is 165 Å². The number of pyridine rings is 1. The molecule has 7 nitrogen and oxygen atoms in total. The van der Waals surface area contributed by atoms with E-state index >= 15 is 0 Å². The topological polar surface area (TPSA) is 66.9 Å². The van der Waals surface area contributed by atoms with Gasteiger partial charge in [0.2, 0.25) is 6.79 Å². The first-order chi connectivity index (χ1) is 13.7. The molecule has 3 heterocycles. The first kappa shape index (κ1) is 18.7. The highest BCUT2D eigenvalue weighted by molar-refractivity contribution is 5.94. The second kappa shape index (κ2) is 8.58. The van der Waals surface area contributed by atoms with Crippen LogP contribution in [0.4, 0.5) is 0 Å². The fourth-order valence-corrected chi connectivity index (χ4v) is 3.75. The fourth-order valence-electron chi connectivity index (χ4n) is 3.75. The van der Waals surface area contributed by atoms with Crippen molar-refractivity contribution >= 4 is 5.91 Å². The Morgan fingerprint density at radius 2 is 2.00 bits per heavy atom. The molecule has 2 aliphatic rings. The second-order valence-electron chi connectivity index (χ2n) is 7.05. The smallest absolute Gasteiger partial charge is 0.251 e. The molecule has 1 amide bonds. The summed E-state index contributed by atoms with van der Waals surface area (Å²) in [6.07, 6.45) is 3.67. The molecule has 2 aliphatic heterocycles. The van der Waals surface area contributed by atoms with Crippen molar-refractivity contribution in [2.24, 2.45) is 0 Å². The number of fused-ring (bicyclic) bond motifs is 1. The van der Waals surface area contributed by atoms with Gasteiger partial charge in [0.1, 0.15) is 0 Å². The first-order valence-corrected chi connectivity index (χ1v) is 9.79. The molecule has 148 valence electrons. The molecule has 1 aromatic carbocycles. The van der Waals surface area contributed by atoms with Crippen LogP contribution in [0.25, 0.3) is 0 Å². The van der Waals surface area contributed by atoms with E-state index in [-0.39, 0.29) is 18.7 Å². The van der Waals surface area contributed by atoms with Crippen molar-refractivity contribution in [3.05, 3.63) is 53.9 Å². The van der Waals surface area contributed by atoms with Crippen molar-refractivity contribution in [1.82, 2.24) is 20.1 Å². The molecule has 1 aromatic heterocycles. The third-order valence-electron chi connectivity index (χ3n) is 5.45. The largest absolute Gasteiger partial charge is 0.454 e. The summed E-state index contributed by atoms with van der Waals surface area (Å²) in [5.41, 5.74) is 1.70. The highest BCUT2D eigenvalue weighted by Gasteiger charge is 2.25. The number of rotatable bonds is 6. The molecule has 1 fully saturated rings. The number of hydrogen-bond acceptors (Lipinski definition) is 6. The van der Waals surface area contributed by atoms with Gasteiger partial charge < -0.3 is 19.7 Å². The van der Waals surface area contributed by atoms with E-state index in [2.05, 4.69) is 33.1 Å². The minimum absolute atomic E-state index is 0.102. The molecule has 28 heavy (non-hydrogen) atoms. The van der Waals surface area contributed by atoms with E-state index in [0.717, 1.165) is 38.3 Å². The summed E-state index contributed by atoms with van der Waals surface area (Å²) in [4.78, 5) is 21.9. The van der Waals surface area contributed by atoms with Gasteiger partial charge in [0.05, 0.1) is 6.04 Å². The van der Waals surface area contributed by atoms with E-state index < -0.39 is 0 Å². The summed E-state index contributed by atoms with van der Waals surface area (Å²) >= 11 is 0. The summed E-state index contributed by atoms with van der Waals surface area (Å²) in [6.45, 7) is 8.05. The molecular weight excluding hydrogens is 356 g/mol. The lowest BCUT2D eigenvalue weighted by Crippen LogP contribution is -2.49. The summed E-state index contributed by atoms with van der Waals surface area (Å²) in [5, 5.41) is 3.09. The van der Waals surface area contributed by atoms with Crippen molar-refractivity contribution in [2.45, 2.75) is 13.0 Å². The Kier molecular flexibility index (Phi) is 5.73. The molecule has 0 spiro atoms. The summed E-state index contributed by atoms with van der Waals surface area (Å²) in [5.74, 6) is 1.19. The summed E-state index contributed by atoms with van der Waals surface area (Å²) < 4.78 is 10.7. The molecule has 7 heteroatoms. The predicted octanol–water partition coefficient (Wildman–Crippen LogP) is 1.92. The quantitative estimate of drug-likeness (QED) is 0.823. The highest BCUT2D eigenvalue weighted by Crippen LogP contribution is 2.32. The zero-order valence-electron chi connectivity index (χ0n) is 16.1. The minimum Gasteiger partial charge on any atom is -0.454 e. The molecule has 1 atom stereocenters. The standard InChI is InChI=1S/C21H26N4O3/c1-2-24-8-10-25(11-9-24)18(17-4-3-7-22-13-17)14-23-21(26)16-5-6-19-20(12-16)28-15-27-19/h3-7,12-13,18H,2,8-11,14-15H2,1H3,(H,23,26)/t18-/m0/s1. The first-order valence-electron chi connectivity index (χ1n) is 9.79. The number of nitrogens with zero attached hydrogens (tertiary/aromatic N) is 3. The number of nitrogens with one attached hydrogen (secondary N) is 1. The summed E-state index contributed by atoms with van der Waals surface area (Å²) in [6, 6.07) is 9.41. The molecule has 0 saturated carbocycles. The van der Waals surface area contributed by atoms with Gasteiger partial charge in [-0.15, -0.1) is 0 Å². The average Bonchev–Trinajstić information content (AvgIpc) is 3.23. The summed E-state index contributed by atoms with van der Waals surface area (Å²) in [7, 11) is 0. The highest BCUT2D eigenvalue weighted by atomic mass is 16.7. The van der Waals surface area contributed by atoms with Crippen molar-refractivity contribution in [3.63, 3.8) is 0 Å². The van der Waals surface area contributed by atoms with Crippen LogP contribution in [0.15, 0.2) is 42.7 Å². The van der Waals surface area contributed by atoms with Crippen LogP contribution in [0.5, 0.6) is 11.5 Å². The predicted molar refractivity (Wildman–Crippen MR) is 106 cm³/mol. The molecule has 0 radical (unpaired) electrons. The van der Waals surface area contributed by atoms with Gasteiger partial charge >= 0.3 is 0 Å². The molecule has 0 unspecified atom stereocenters. The number of carbonyl (C=O) groups excluding carboxylic acids is 1. The van der Waals surface area contributed by atoms with Gasteiger partial charge in [-0.25, -0.2) is 0 Å². The molecule has 0 bridgehead atoms. The number of amides is 1. The monoisotopic (exact) mass is 382 g/mol. The SMILES string of the molecule is CCN1CCN([C@@H](CNC(=O)c2ccc3c(c2)OCO3)c2cccnc2)CC1. The lowest BCUT2D eigenvalue weighted by atomic mass is 10.1. The Hall–Kier alpha value is -2.64. The normalized spacial score (nSPS) is 18.0. The number of benzene rings is 1. The van der Waals surface area contributed by atoms with E-state index in [1.165, 1.54) is 0 Å². The Morgan fingerprint density at radius 1 is 1.18 bits per heavy atom. The van der Waals surface area contributed by atoms with Crippen LogP contribution in [-0.4, -0.2) is 66.8 Å². The maximum atomic E-state index is 12.7. The van der Waals surface area contributed by atoms with Crippen LogP contribution in [0.2, 0.25) is 0 Å². The zero-order chi connectivity index (χ0) is 19.3. The van der Waals surface area contributed by atoms with Crippen LogP contribution in [-0.2, 0) is 0 Å². The lowest BCUT2D eigenvalue weighted by Gasteiger charge is -2.39. The number of piperazine rings is 1. The Bertz CT molecular complexity index is 807. The average molecular weight is 382 g/mol. The van der Waals surface area contributed by atoms with Gasteiger partial charge in [0.25, 0.3) is 5.91 Å². The van der Waals surface area contributed by atoms with Crippen LogP contribution >= 0.6 is 0 Å². The number of likely N-dealkylation sites (N-methyl/N-ethyl adjacent to an activating group) is 1. The third kappa shape index (κ3) is 4.10. The lowest BCUT2D eigenvalue weighted by molar-refractivity contribution is 0.0854. The fraction of sp³-hybridized carbons (Fsp3) is 0.429. The molecule has 0 aliphatic carbocycles. The minimum atomic E-state index is -0.112. The van der Waals surface area contributed by atoms with E-state index in [9.17, 15) is 4.79 Å². The van der Waals surface area contributed by atoms with Gasteiger partial charge in [-0.3, -0.25) is 14.7 Å². The van der Waals surface area contributed by atoms with Gasteiger partial charge in [0, 0.05) is 50.7 Å². The van der Waals surface area contributed by atoms with Crippen molar-refractivity contribution in [1.29, 1.82) is 0 Å². The van der Waals surface area contributed by atoms with Crippen LogP contribution in [0.1, 0.15) is 28.9 Å². The number of hydrogen-bond donors (Lipinski definition) is 1. The van der Waals surface area contributed by atoms with Crippen molar-refractivity contribution in [3.8, 4) is 11.5 Å². The zero-order valence-corrected chi connectivity index (χ0v) is 16.1. The molecule has 4 rings (SSSR count). The number of carbonyl (C=O) groups is 1. The van der Waals surface area contributed by atoms with Crippen molar-refractivity contribution < 1.29 is 14.3 Å². The van der Waals surface area contributed by atoms with Gasteiger partial charge in [-0.1, -0.05) is 13.0 Å². The Balaban J connectivity index is 1.44. The maximum Gasteiger partial charge on any atom is 0.251 e. The van der Waals surface area contributed by atoms with E-state index in [1.807, 2.05) is 12.3 Å². The molecular formula is C21H26N4O3.